The van der Waals surface area contributed by atoms with E-state index in [-0.39, 0.29) is 11.9 Å². The van der Waals surface area contributed by atoms with Crippen LogP contribution in [0.2, 0.25) is 0 Å². The van der Waals surface area contributed by atoms with Crippen LogP contribution in [0.5, 0.6) is 0 Å². The Labute approximate surface area is 148 Å². The van der Waals surface area contributed by atoms with Crippen LogP contribution in [0.1, 0.15) is 59.0 Å². The summed E-state index contributed by atoms with van der Waals surface area (Å²) in [4.78, 5) is 15.2. The third-order valence-electron chi connectivity index (χ3n) is 5.49. The minimum atomic E-state index is -0.0421. The fraction of sp³-hybridized carbons (Fsp3) is 0.500. The zero-order chi connectivity index (χ0) is 17.1. The van der Waals surface area contributed by atoms with E-state index in [9.17, 15) is 4.79 Å². The van der Waals surface area contributed by atoms with Crippen molar-refractivity contribution < 1.29 is 4.79 Å². The Hall–Kier alpha value is -2.14. The summed E-state index contributed by atoms with van der Waals surface area (Å²) in [6.07, 6.45) is 6.78. The van der Waals surface area contributed by atoms with Gasteiger partial charge in [-0.15, -0.1) is 0 Å². The van der Waals surface area contributed by atoms with Crippen LogP contribution in [0.25, 0.3) is 0 Å². The highest BCUT2D eigenvalue weighted by Gasteiger charge is 2.26. The van der Waals surface area contributed by atoms with Gasteiger partial charge in [-0.3, -0.25) is 14.8 Å². The average molecular weight is 338 g/mol. The van der Waals surface area contributed by atoms with E-state index >= 15 is 0 Å². The summed E-state index contributed by atoms with van der Waals surface area (Å²) >= 11 is 0. The first-order valence-electron chi connectivity index (χ1n) is 9.46. The molecule has 1 aliphatic carbocycles. The van der Waals surface area contributed by atoms with Crippen molar-refractivity contribution in [3.8, 4) is 0 Å². The van der Waals surface area contributed by atoms with E-state index < -0.39 is 0 Å². The minimum absolute atomic E-state index is 0.0421. The number of benzene rings is 1. The molecule has 2 heterocycles. The molecule has 0 radical (unpaired) electrons. The van der Waals surface area contributed by atoms with Gasteiger partial charge in [0.1, 0.15) is 0 Å². The summed E-state index contributed by atoms with van der Waals surface area (Å²) in [6.45, 7) is 2.84. The van der Waals surface area contributed by atoms with E-state index in [4.69, 9.17) is 0 Å². The van der Waals surface area contributed by atoms with Crippen molar-refractivity contribution in [2.75, 3.05) is 19.6 Å². The van der Waals surface area contributed by atoms with E-state index in [1.165, 1.54) is 24.8 Å². The summed E-state index contributed by atoms with van der Waals surface area (Å²) in [7, 11) is 0. The van der Waals surface area contributed by atoms with Gasteiger partial charge in [-0.2, -0.15) is 5.10 Å². The van der Waals surface area contributed by atoms with Crippen LogP contribution in [0.4, 0.5) is 0 Å². The predicted octanol–water partition coefficient (Wildman–Crippen LogP) is 2.86. The Balaban J connectivity index is 1.47. The van der Waals surface area contributed by atoms with Crippen LogP contribution in [0.3, 0.4) is 0 Å². The van der Waals surface area contributed by atoms with Crippen molar-refractivity contribution in [1.29, 1.82) is 0 Å². The fourth-order valence-electron chi connectivity index (χ4n) is 4.13. The Morgan fingerprint density at radius 2 is 1.88 bits per heavy atom. The largest absolute Gasteiger partial charge is 0.349 e. The van der Waals surface area contributed by atoms with Crippen molar-refractivity contribution in [2.45, 2.75) is 44.6 Å². The first-order valence-corrected chi connectivity index (χ1v) is 9.46. The molecule has 0 bridgehead atoms. The maximum absolute atomic E-state index is 12.7. The number of rotatable bonds is 5. The monoisotopic (exact) mass is 338 g/mol. The molecule has 1 aromatic carbocycles. The normalized spacial score (nSPS) is 18.7. The lowest BCUT2D eigenvalue weighted by molar-refractivity contribution is 0.0932. The van der Waals surface area contributed by atoms with Gasteiger partial charge >= 0.3 is 0 Å². The first-order chi connectivity index (χ1) is 12.3. The van der Waals surface area contributed by atoms with Gasteiger partial charge in [-0.05, 0) is 57.2 Å². The molecule has 1 amide bonds. The molecule has 25 heavy (non-hydrogen) atoms. The Morgan fingerprint density at radius 1 is 1.12 bits per heavy atom. The number of H-pyrrole nitrogens is 1. The van der Waals surface area contributed by atoms with Crippen LogP contribution in [0.15, 0.2) is 30.3 Å². The van der Waals surface area contributed by atoms with Gasteiger partial charge in [0.05, 0.1) is 6.04 Å². The highest BCUT2D eigenvalue weighted by atomic mass is 16.1. The van der Waals surface area contributed by atoms with Gasteiger partial charge in [-0.1, -0.05) is 30.3 Å². The van der Waals surface area contributed by atoms with Crippen molar-refractivity contribution in [2.24, 2.45) is 0 Å². The molecule has 2 aliphatic rings. The number of hydrogen-bond acceptors (Lipinski definition) is 3. The standard InChI is InChI=1S/C20H26N4O/c25-20(19-16-10-4-5-11-17(16)22-23-19)21-14-18(24-12-6-7-13-24)15-8-2-1-3-9-15/h1-3,8-9,18H,4-7,10-14H2,(H,21,25)(H,22,23). The van der Waals surface area contributed by atoms with Crippen molar-refractivity contribution >= 4 is 5.91 Å². The summed E-state index contributed by atoms with van der Waals surface area (Å²) in [5.41, 5.74) is 4.15. The van der Waals surface area contributed by atoms with E-state index in [1.807, 2.05) is 6.07 Å². The highest BCUT2D eigenvalue weighted by Crippen LogP contribution is 2.25. The number of carbonyl (C=O) groups is 1. The molecule has 1 saturated heterocycles. The predicted molar refractivity (Wildman–Crippen MR) is 97.6 cm³/mol. The maximum Gasteiger partial charge on any atom is 0.272 e. The Morgan fingerprint density at radius 3 is 2.68 bits per heavy atom. The lowest BCUT2D eigenvalue weighted by Crippen LogP contribution is -2.37. The molecule has 132 valence electrons. The molecular weight excluding hydrogens is 312 g/mol. The van der Waals surface area contributed by atoms with Crippen molar-refractivity contribution in [1.82, 2.24) is 20.4 Å². The first kappa shape index (κ1) is 16.3. The van der Waals surface area contributed by atoms with Crippen molar-refractivity contribution in [3.63, 3.8) is 0 Å². The minimum Gasteiger partial charge on any atom is -0.349 e. The van der Waals surface area contributed by atoms with Gasteiger partial charge in [0, 0.05) is 17.8 Å². The number of likely N-dealkylation sites (tertiary alicyclic amines) is 1. The van der Waals surface area contributed by atoms with Crippen LogP contribution < -0.4 is 5.32 Å². The Bertz CT molecular complexity index is 719. The van der Waals surface area contributed by atoms with Crippen LogP contribution in [-0.2, 0) is 12.8 Å². The lowest BCUT2D eigenvalue weighted by atomic mass is 9.95. The number of hydrogen-bond donors (Lipinski definition) is 2. The molecule has 1 aliphatic heterocycles. The van der Waals surface area contributed by atoms with Gasteiger partial charge < -0.3 is 5.32 Å². The second-order valence-electron chi connectivity index (χ2n) is 7.12. The SMILES string of the molecule is O=C(NCC(c1ccccc1)N1CCCC1)c1n[nH]c2c1CCCC2. The average Bonchev–Trinajstić information content (AvgIpc) is 3.32. The molecule has 2 N–H and O–H groups in total. The molecule has 1 unspecified atom stereocenters. The van der Waals surface area contributed by atoms with Gasteiger partial charge in [-0.25, -0.2) is 0 Å². The molecule has 5 nitrogen and oxygen atoms in total. The third kappa shape index (κ3) is 3.47. The van der Waals surface area contributed by atoms with Gasteiger partial charge in [0.15, 0.2) is 5.69 Å². The topological polar surface area (TPSA) is 61.0 Å². The zero-order valence-corrected chi connectivity index (χ0v) is 14.6. The molecular formula is C20H26N4O. The number of aryl methyl sites for hydroxylation is 1. The number of nitrogens with zero attached hydrogens (tertiary/aromatic N) is 2. The summed E-state index contributed by atoms with van der Waals surface area (Å²) in [5, 5.41) is 10.5. The number of aromatic nitrogens is 2. The van der Waals surface area contributed by atoms with E-state index in [0.29, 0.717) is 12.2 Å². The molecule has 1 aromatic heterocycles. The second kappa shape index (κ2) is 7.40. The number of carbonyl (C=O) groups excluding carboxylic acids is 1. The summed E-state index contributed by atoms with van der Waals surface area (Å²) in [6, 6.07) is 10.7. The molecule has 4 rings (SSSR count). The number of fused-ring (bicyclic) bond motifs is 1. The van der Waals surface area contributed by atoms with Gasteiger partial charge in [0.2, 0.25) is 0 Å². The maximum atomic E-state index is 12.7. The second-order valence-corrected chi connectivity index (χ2v) is 7.12. The van der Waals surface area contributed by atoms with E-state index in [1.54, 1.807) is 0 Å². The number of nitrogens with one attached hydrogen (secondary N) is 2. The van der Waals surface area contributed by atoms with E-state index in [0.717, 1.165) is 43.6 Å². The molecule has 0 spiro atoms. The molecule has 1 atom stereocenters. The van der Waals surface area contributed by atoms with Crippen LogP contribution in [0, 0.1) is 0 Å². The molecule has 5 heteroatoms. The molecule has 0 saturated carbocycles. The van der Waals surface area contributed by atoms with E-state index in [2.05, 4.69) is 44.7 Å². The fourth-order valence-corrected chi connectivity index (χ4v) is 4.13. The third-order valence-corrected chi connectivity index (χ3v) is 5.49. The lowest BCUT2D eigenvalue weighted by Gasteiger charge is -2.28. The number of amides is 1. The zero-order valence-electron chi connectivity index (χ0n) is 14.6. The summed E-state index contributed by atoms with van der Waals surface area (Å²) < 4.78 is 0. The van der Waals surface area contributed by atoms with Gasteiger partial charge in [0.25, 0.3) is 5.91 Å². The molecule has 2 aromatic rings. The van der Waals surface area contributed by atoms with Crippen LogP contribution >= 0.6 is 0 Å². The smallest absolute Gasteiger partial charge is 0.272 e. The Kier molecular flexibility index (Phi) is 4.83. The summed E-state index contributed by atoms with van der Waals surface area (Å²) in [5.74, 6) is -0.0421. The molecule has 1 fully saturated rings. The quantitative estimate of drug-likeness (QED) is 0.881. The number of aromatic amines is 1. The van der Waals surface area contributed by atoms with Crippen molar-refractivity contribution in [3.05, 3.63) is 52.8 Å². The highest BCUT2D eigenvalue weighted by molar-refractivity contribution is 5.94. The van der Waals surface area contributed by atoms with Crippen LogP contribution in [-0.4, -0.2) is 40.6 Å².